The van der Waals surface area contributed by atoms with E-state index in [9.17, 15) is 9.59 Å². The van der Waals surface area contributed by atoms with Gasteiger partial charge < -0.3 is 15.5 Å². The fraction of sp³-hybridized carbons (Fsp3) is 0.409. The van der Waals surface area contributed by atoms with Gasteiger partial charge >= 0.3 is 0 Å². The van der Waals surface area contributed by atoms with Crippen molar-refractivity contribution in [1.82, 2.24) is 20.4 Å². The number of hydrogen-bond donors (Lipinski definition) is 2. The van der Waals surface area contributed by atoms with E-state index < -0.39 is 0 Å². The molecule has 2 amide bonds. The Labute approximate surface area is 170 Å². The Balaban J connectivity index is 1.38. The first-order valence-corrected chi connectivity index (χ1v) is 10.2. The van der Waals surface area contributed by atoms with Gasteiger partial charge in [0, 0.05) is 45.3 Å². The number of nitrogens with zero attached hydrogens (tertiary/aromatic N) is 3. The van der Waals surface area contributed by atoms with Gasteiger partial charge in [-0.05, 0) is 36.5 Å². The molecular formula is C22H27N5O2. The van der Waals surface area contributed by atoms with Crippen LogP contribution in [-0.2, 0) is 24.3 Å². The lowest BCUT2D eigenvalue weighted by molar-refractivity contribution is -0.119. The monoisotopic (exact) mass is 393 g/mol. The molecule has 2 N–H and O–H groups in total. The van der Waals surface area contributed by atoms with Crippen molar-refractivity contribution in [3.8, 4) is 0 Å². The van der Waals surface area contributed by atoms with E-state index in [1.54, 1.807) is 6.20 Å². The fourth-order valence-corrected chi connectivity index (χ4v) is 3.98. The summed E-state index contributed by atoms with van der Waals surface area (Å²) < 4.78 is 1.92. The van der Waals surface area contributed by atoms with Gasteiger partial charge in [0.25, 0.3) is 5.91 Å². The normalized spacial score (nSPS) is 17.8. The number of fused-ring (bicyclic) bond motifs is 1. The Morgan fingerprint density at radius 2 is 2.03 bits per heavy atom. The molecule has 7 nitrogen and oxygen atoms in total. The van der Waals surface area contributed by atoms with Crippen LogP contribution in [0.1, 0.15) is 35.0 Å². The summed E-state index contributed by atoms with van der Waals surface area (Å²) in [7, 11) is 0. The van der Waals surface area contributed by atoms with E-state index in [0.29, 0.717) is 24.6 Å². The Hall–Kier alpha value is -3.09. The van der Waals surface area contributed by atoms with E-state index in [1.807, 2.05) is 16.8 Å². The van der Waals surface area contributed by atoms with Gasteiger partial charge in [-0.2, -0.15) is 5.10 Å². The van der Waals surface area contributed by atoms with Crippen LogP contribution in [0.5, 0.6) is 0 Å². The molecule has 1 atom stereocenters. The van der Waals surface area contributed by atoms with Gasteiger partial charge in [0.2, 0.25) is 5.91 Å². The van der Waals surface area contributed by atoms with Gasteiger partial charge in [0.15, 0.2) is 0 Å². The van der Waals surface area contributed by atoms with Crippen LogP contribution >= 0.6 is 0 Å². The van der Waals surface area contributed by atoms with Gasteiger partial charge in [-0.25, -0.2) is 0 Å². The van der Waals surface area contributed by atoms with Crippen LogP contribution in [0.3, 0.4) is 0 Å². The largest absolute Gasteiger partial charge is 0.364 e. The molecule has 1 aromatic carbocycles. The van der Waals surface area contributed by atoms with Crippen molar-refractivity contribution in [2.45, 2.75) is 32.9 Å². The molecule has 0 spiro atoms. The van der Waals surface area contributed by atoms with Crippen LogP contribution < -0.4 is 15.5 Å². The zero-order valence-electron chi connectivity index (χ0n) is 16.7. The molecule has 2 aromatic rings. The minimum absolute atomic E-state index is 0.0195. The van der Waals surface area contributed by atoms with Gasteiger partial charge in [-0.15, -0.1) is 0 Å². The number of nitrogens with one attached hydrogen (secondary N) is 2. The maximum absolute atomic E-state index is 12.8. The number of amides is 2. The minimum Gasteiger partial charge on any atom is -0.364 e. The highest BCUT2D eigenvalue weighted by molar-refractivity contribution is 5.95. The number of benzene rings is 1. The predicted molar refractivity (Wildman–Crippen MR) is 112 cm³/mol. The summed E-state index contributed by atoms with van der Waals surface area (Å²) in [6, 6.07) is 8.29. The molecular weight excluding hydrogens is 366 g/mol. The van der Waals surface area contributed by atoms with E-state index in [4.69, 9.17) is 0 Å². The smallest absolute Gasteiger partial charge is 0.255 e. The summed E-state index contributed by atoms with van der Waals surface area (Å²) >= 11 is 0. The maximum atomic E-state index is 12.8. The second kappa shape index (κ2) is 8.51. The Kier molecular flexibility index (Phi) is 5.64. The number of hydrogen-bond acceptors (Lipinski definition) is 4. The van der Waals surface area contributed by atoms with E-state index in [1.165, 1.54) is 12.6 Å². The first-order chi connectivity index (χ1) is 14.1. The average Bonchev–Trinajstić information content (AvgIpc) is 3.40. The topological polar surface area (TPSA) is 79.3 Å². The van der Waals surface area contributed by atoms with E-state index in [2.05, 4.69) is 44.9 Å². The van der Waals surface area contributed by atoms with Gasteiger partial charge in [-0.3, -0.25) is 14.3 Å². The zero-order valence-corrected chi connectivity index (χ0v) is 16.7. The van der Waals surface area contributed by atoms with Crippen molar-refractivity contribution < 1.29 is 9.59 Å². The molecule has 4 rings (SSSR count). The van der Waals surface area contributed by atoms with Crippen molar-refractivity contribution in [2.24, 2.45) is 5.92 Å². The lowest BCUT2D eigenvalue weighted by Gasteiger charge is -2.24. The molecule has 0 bridgehead atoms. The van der Waals surface area contributed by atoms with Crippen molar-refractivity contribution in [3.63, 3.8) is 0 Å². The van der Waals surface area contributed by atoms with E-state index in [0.717, 1.165) is 43.7 Å². The Morgan fingerprint density at radius 3 is 2.83 bits per heavy atom. The maximum Gasteiger partial charge on any atom is 0.255 e. The summed E-state index contributed by atoms with van der Waals surface area (Å²) in [6.45, 7) is 5.28. The summed E-state index contributed by atoms with van der Waals surface area (Å²) in [5.41, 5.74) is 3.84. The van der Waals surface area contributed by atoms with Gasteiger partial charge in [-0.1, -0.05) is 24.3 Å². The van der Waals surface area contributed by atoms with Crippen molar-refractivity contribution in [1.29, 1.82) is 0 Å². The number of carbonyl (C=O) groups excluding carboxylic acids is 2. The molecule has 152 valence electrons. The molecule has 0 aliphatic carbocycles. The quantitative estimate of drug-likeness (QED) is 0.735. The van der Waals surface area contributed by atoms with Gasteiger partial charge in [0.1, 0.15) is 0 Å². The number of aryl methyl sites for hydroxylation is 1. The van der Waals surface area contributed by atoms with Crippen molar-refractivity contribution in [2.75, 3.05) is 24.5 Å². The molecule has 0 radical (unpaired) electrons. The average molecular weight is 393 g/mol. The molecule has 29 heavy (non-hydrogen) atoms. The molecule has 2 aliphatic rings. The van der Waals surface area contributed by atoms with Crippen LogP contribution in [0.4, 0.5) is 5.69 Å². The molecule has 1 aromatic heterocycles. The molecule has 2 aliphatic heterocycles. The lowest BCUT2D eigenvalue weighted by Crippen LogP contribution is -2.33. The third-order valence-electron chi connectivity index (χ3n) is 5.61. The summed E-state index contributed by atoms with van der Waals surface area (Å²) in [5.74, 6) is 0.217. The third kappa shape index (κ3) is 4.50. The summed E-state index contributed by atoms with van der Waals surface area (Å²) in [4.78, 5) is 26.3. The molecule has 7 heteroatoms. The molecule has 3 heterocycles. The van der Waals surface area contributed by atoms with E-state index >= 15 is 0 Å². The van der Waals surface area contributed by atoms with Crippen LogP contribution in [0.25, 0.3) is 0 Å². The first kappa shape index (κ1) is 19.2. The molecule has 1 unspecified atom stereocenters. The Bertz CT molecular complexity index is 925. The number of anilines is 1. The van der Waals surface area contributed by atoms with Crippen LogP contribution in [0, 0.1) is 5.92 Å². The molecule has 0 fully saturated rings. The van der Waals surface area contributed by atoms with Crippen molar-refractivity contribution >= 4 is 17.5 Å². The number of rotatable bonds is 6. The highest BCUT2D eigenvalue weighted by atomic mass is 16.2. The van der Waals surface area contributed by atoms with Crippen LogP contribution in [0.2, 0.25) is 0 Å². The highest BCUT2D eigenvalue weighted by Crippen LogP contribution is 2.23. The molecule has 0 saturated carbocycles. The van der Waals surface area contributed by atoms with Crippen LogP contribution in [0.15, 0.2) is 42.6 Å². The Morgan fingerprint density at radius 1 is 1.21 bits per heavy atom. The van der Waals surface area contributed by atoms with Gasteiger partial charge in [0.05, 0.1) is 17.5 Å². The second-order valence-electron chi connectivity index (χ2n) is 7.75. The van der Waals surface area contributed by atoms with Crippen LogP contribution in [-0.4, -0.2) is 41.2 Å². The zero-order chi connectivity index (χ0) is 20.2. The fourth-order valence-electron chi connectivity index (χ4n) is 3.98. The number of carbonyl (C=O) groups is 2. The van der Waals surface area contributed by atoms with E-state index in [-0.39, 0.29) is 11.8 Å². The second-order valence-corrected chi connectivity index (χ2v) is 7.75. The third-order valence-corrected chi connectivity index (χ3v) is 5.61. The molecule has 0 saturated heterocycles. The number of aromatic nitrogens is 2. The SMILES string of the molecule is CC(=O)NCC1CCn2ncc(C(=O)NCc3cccc(N4CC=CC4)c3)c2C1. The lowest BCUT2D eigenvalue weighted by atomic mass is 9.94. The summed E-state index contributed by atoms with van der Waals surface area (Å²) in [6.07, 6.45) is 7.69. The summed E-state index contributed by atoms with van der Waals surface area (Å²) in [5, 5.41) is 10.3. The predicted octanol–water partition coefficient (Wildman–Crippen LogP) is 1.89. The first-order valence-electron chi connectivity index (χ1n) is 10.2. The minimum atomic E-state index is -0.0975. The standard InChI is InChI=1S/C22H27N5O2/c1-16(28)23-13-18-7-10-27-21(12-18)20(15-25-27)22(29)24-14-17-5-4-6-19(11-17)26-8-2-3-9-26/h2-6,11,15,18H,7-10,12-14H2,1H3,(H,23,28)(H,24,29). The van der Waals surface area contributed by atoms with Crippen molar-refractivity contribution in [3.05, 3.63) is 59.4 Å². The highest BCUT2D eigenvalue weighted by Gasteiger charge is 2.25.